The molecule has 0 unspecified atom stereocenters. The fourth-order valence-corrected chi connectivity index (χ4v) is 4.83. The number of fused-ring (bicyclic) bond motifs is 2. The lowest BCUT2D eigenvalue weighted by Gasteiger charge is -2.38. The van der Waals surface area contributed by atoms with Crippen molar-refractivity contribution in [1.82, 2.24) is 15.2 Å². The fourth-order valence-electron chi connectivity index (χ4n) is 4.54. The van der Waals surface area contributed by atoms with E-state index in [9.17, 15) is 19.1 Å². The zero-order valence-corrected chi connectivity index (χ0v) is 19.1. The Hall–Kier alpha value is -3.92. The Labute approximate surface area is 203 Å². The van der Waals surface area contributed by atoms with Gasteiger partial charge in [-0.2, -0.15) is 0 Å². The number of piperazine rings is 1. The topological polar surface area (TPSA) is 97.8 Å². The second-order valence-corrected chi connectivity index (χ2v) is 8.59. The number of phenolic OH excluding ortho intramolecular Hbond substituents is 1. The van der Waals surface area contributed by atoms with Gasteiger partial charge in [-0.05, 0) is 24.3 Å². The fraction of sp³-hybridized carbons (Fsp3) is 0.208. The predicted octanol–water partition coefficient (Wildman–Crippen LogP) is 4.01. The van der Waals surface area contributed by atoms with E-state index >= 15 is 4.39 Å². The van der Waals surface area contributed by atoms with Crippen molar-refractivity contribution in [3.8, 4) is 16.9 Å². The number of hydrogen-bond donors (Lipinski definition) is 3. The summed E-state index contributed by atoms with van der Waals surface area (Å²) in [5.74, 6) is -2.37. The van der Waals surface area contributed by atoms with Crippen LogP contribution in [0.3, 0.4) is 0 Å². The Morgan fingerprint density at radius 1 is 1.20 bits per heavy atom. The average molecular weight is 500 g/mol. The monoisotopic (exact) mass is 499 g/mol. The molecular weight excluding hydrogens is 480 g/mol. The van der Waals surface area contributed by atoms with Gasteiger partial charge in [0.25, 0.3) is 0 Å². The Bertz CT molecular complexity index is 1390. The van der Waals surface area contributed by atoms with E-state index < -0.39 is 23.4 Å². The number of carbonyl (C=O) groups is 2. The molecule has 0 saturated carbocycles. The number of benzene rings is 2. The molecule has 3 N–H and O–H groups in total. The number of carbonyl (C=O) groups excluding carboxylic acids is 2. The molecule has 0 spiro atoms. The summed E-state index contributed by atoms with van der Waals surface area (Å²) < 4.78 is 30.6. The Morgan fingerprint density at radius 2 is 1.94 bits per heavy atom. The molecular formula is C24H20ClF2N5O3. The Morgan fingerprint density at radius 3 is 2.63 bits per heavy atom. The highest BCUT2D eigenvalue weighted by atomic mass is 35.5. The van der Waals surface area contributed by atoms with Crippen LogP contribution in [-0.2, 0) is 11.3 Å². The molecule has 0 aliphatic carbocycles. The van der Waals surface area contributed by atoms with Crippen molar-refractivity contribution in [1.29, 1.82) is 0 Å². The molecule has 2 aliphatic rings. The second-order valence-electron chi connectivity index (χ2n) is 8.18. The van der Waals surface area contributed by atoms with Gasteiger partial charge in [0.05, 0.1) is 34.2 Å². The normalized spacial score (nSPS) is 15.5. The first-order valence-corrected chi connectivity index (χ1v) is 11.2. The highest BCUT2D eigenvalue weighted by Crippen LogP contribution is 2.45. The maximum Gasteiger partial charge on any atom is 0.319 e. The van der Waals surface area contributed by atoms with Crippen molar-refractivity contribution in [3.63, 3.8) is 0 Å². The van der Waals surface area contributed by atoms with E-state index in [0.29, 0.717) is 48.6 Å². The number of pyridine rings is 1. The van der Waals surface area contributed by atoms with Gasteiger partial charge in [0.15, 0.2) is 5.82 Å². The van der Waals surface area contributed by atoms with E-state index in [4.69, 9.17) is 11.6 Å². The molecule has 0 bridgehead atoms. The molecule has 1 saturated heterocycles. The van der Waals surface area contributed by atoms with Crippen molar-refractivity contribution < 1.29 is 23.5 Å². The summed E-state index contributed by atoms with van der Waals surface area (Å²) in [6.45, 7) is 5.18. The van der Waals surface area contributed by atoms with Gasteiger partial charge in [0, 0.05) is 37.1 Å². The van der Waals surface area contributed by atoms with Crippen molar-refractivity contribution in [2.75, 3.05) is 36.4 Å². The molecule has 5 rings (SSSR count). The number of nitrogens with one attached hydrogen (secondary N) is 2. The lowest BCUT2D eigenvalue weighted by atomic mass is 9.98. The smallest absolute Gasteiger partial charge is 0.319 e. The van der Waals surface area contributed by atoms with Gasteiger partial charge in [0.2, 0.25) is 5.91 Å². The molecule has 1 aromatic heterocycles. The van der Waals surface area contributed by atoms with Crippen LogP contribution in [0.25, 0.3) is 22.0 Å². The lowest BCUT2D eigenvalue weighted by molar-refractivity contribution is -0.126. The summed E-state index contributed by atoms with van der Waals surface area (Å²) in [7, 11) is 0. The molecule has 3 aromatic rings. The number of rotatable bonds is 3. The number of halogens is 3. The summed E-state index contributed by atoms with van der Waals surface area (Å²) in [5.41, 5.74) is 0.575. The van der Waals surface area contributed by atoms with Crippen LogP contribution < -0.4 is 15.5 Å². The zero-order chi connectivity index (χ0) is 24.9. The first-order valence-electron chi connectivity index (χ1n) is 10.8. The maximum atomic E-state index is 16.0. The molecule has 3 amide bonds. The number of aromatic hydroxyl groups is 1. The van der Waals surface area contributed by atoms with Crippen molar-refractivity contribution >= 4 is 45.8 Å². The number of anilines is 2. The Balaban J connectivity index is 1.72. The number of phenols is 1. The molecule has 35 heavy (non-hydrogen) atoms. The molecule has 2 aliphatic heterocycles. The molecule has 0 radical (unpaired) electrons. The van der Waals surface area contributed by atoms with Gasteiger partial charge in [-0.1, -0.05) is 24.2 Å². The zero-order valence-electron chi connectivity index (χ0n) is 18.4. The summed E-state index contributed by atoms with van der Waals surface area (Å²) in [4.78, 5) is 32.1. The molecule has 8 nitrogen and oxygen atoms in total. The number of nitrogens with zero attached hydrogens (tertiary/aromatic N) is 3. The quantitative estimate of drug-likeness (QED) is 0.473. The highest BCUT2D eigenvalue weighted by molar-refractivity contribution is 6.34. The van der Waals surface area contributed by atoms with Crippen molar-refractivity contribution in [3.05, 3.63) is 59.3 Å². The van der Waals surface area contributed by atoms with Crippen molar-refractivity contribution in [2.45, 2.75) is 6.54 Å². The summed E-state index contributed by atoms with van der Waals surface area (Å²) in [5, 5.41) is 15.8. The van der Waals surface area contributed by atoms with Crippen LogP contribution in [0.2, 0.25) is 5.02 Å². The van der Waals surface area contributed by atoms with Gasteiger partial charge < -0.3 is 25.5 Å². The van der Waals surface area contributed by atoms with E-state index in [0.717, 1.165) is 6.07 Å². The summed E-state index contributed by atoms with van der Waals surface area (Å²) in [6, 6.07) is 4.68. The number of urea groups is 1. The van der Waals surface area contributed by atoms with Gasteiger partial charge in [-0.15, -0.1) is 0 Å². The number of aromatic nitrogens is 1. The summed E-state index contributed by atoms with van der Waals surface area (Å²) >= 11 is 6.47. The van der Waals surface area contributed by atoms with Gasteiger partial charge in [0.1, 0.15) is 17.1 Å². The predicted molar refractivity (Wildman–Crippen MR) is 129 cm³/mol. The molecule has 11 heteroatoms. The van der Waals surface area contributed by atoms with Gasteiger partial charge >= 0.3 is 6.03 Å². The second kappa shape index (κ2) is 8.70. The highest BCUT2D eigenvalue weighted by Gasteiger charge is 2.31. The van der Waals surface area contributed by atoms with Crippen LogP contribution in [0.4, 0.5) is 25.0 Å². The molecule has 0 atom stereocenters. The summed E-state index contributed by atoms with van der Waals surface area (Å²) in [6.07, 6.45) is 1.25. The van der Waals surface area contributed by atoms with E-state index in [2.05, 4.69) is 22.2 Å². The Kier molecular flexibility index (Phi) is 5.68. The lowest BCUT2D eigenvalue weighted by Crippen LogP contribution is -2.49. The van der Waals surface area contributed by atoms with Crippen LogP contribution in [0.5, 0.6) is 5.75 Å². The third-order valence-corrected chi connectivity index (χ3v) is 6.50. The van der Waals surface area contributed by atoms with Gasteiger partial charge in [-0.3, -0.25) is 4.79 Å². The van der Waals surface area contributed by atoms with E-state index in [1.54, 1.807) is 4.90 Å². The van der Waals surface area contributed by atoms with E-state index in [1.807, 2.05) is 4.90 Å². The van der Waals surface area contributed by atoms with Crippen molar-refractivity contribution in [2.24, 2.45) is 0 Å². The first-order chi connectivity index (χ1) is 16.8. The standard InChI is InChI=1S/C24H20ClF2N5O3/c1-2-17(34)31-6-8-32(9-7-31)23-12-10-13(25)18(19-14(26)4-3-5-16(19)33)20(27)21(12)29-15-11-28-24(35)30-22(15)23/h2-5,10,33H,1,6-9,11H2,(H2,28,30,35). The van der Waals surface area contributed by atoms with Crippen LogP contribution >= 0.6 is 11.6 Å². The number of hydrogen-bond acceptors (Lipinski definition) is 5. The van der Waals surface area contributed by atoms with Crippen LogP contribution in [0.1, 0.15) is 5.69 Å². The molecule has 1 fully saturated rings. The largest absolute Gasteiger partial charge is 0.507 e. The van der Waals surface area contributed by atoms with Crippen LogP contribution in [0.15, 0.2) is 36.9 Å². The van der Waals surface area contributed by atoms with E-state index in [1.165, 1.54) is 24.3 Å². The third-order valence-electron chi connectivity index (χ3n) is 6.20. The molecule has 180 valence electrons. The van der Waals surface area contributed by atoms with Gasteiger partial charge in [-0.25, -0.2) is 18.6 Å². The maximum absolute atomic E-state index is 16.0. The minimum atomic E-state index is -0.894. The van der Waals surface area contributed by atoms with Crippen LogP contribution in [0, 0.1) is 11.6 Å². The first kappa shape index (κ1) is 22.9. The molecule has 2 aromatic carbocycles. The average Bonchev–Trinajstić information content (AvgIpc) is 2.84. The molecule has 3 heterocycles. The SMILES string of the molecule is C=CC(=O)N1CCN(c2c3c(nc4c(F)c(-c5c(O)cccc5F)c(Cl)cc24)CNC(=O)N3)CC1. The van der Waals surface area contributed by atoms with E-state index in [-0.39, 0.29) is 34.1 Å². The van der Waals surface area contributed by atoms with Crippen LogP contribution in [-0.4, -0.2) is 53.1 Å². The minimum Gasteiger partial charge on any atom is -0.507 e. The minimum absolute atomic E-state index is 0.0569. The number of amides is 3. The third kappa shape index (κ3) is 3.79.